The summed E-state index contributed by atoms with van der Waals surface area (Å²) in [7, 11) is 0. The van der Waals surface area contributed by atoms with Crippen molar-refractivity contribution in [3.63, 3.8) is 0 Å². The first-order valence-corrected chi connectivity index (χ1v) is 7.53. The van der Waals surface area contributed by atoms with Crippen LogP contribution in [0, 0.1) is 0 Å². The van der Waals surface area contributed by atoms with Gasteiger partial charge >= 0.3 is 0 Å². The van der Waals surface area contributed by atoms with Crippen LogP contribution >= 0.6 is 23.4 Å². The first-order chi connectivity index (χ1) is 10.1. The highest BCUT2D eigenvalue weighted by molar-refractivity contribution is 7.99. The molecular weight excluding hydrogens is 316 g/mol. The molecule has 0 saturated heterocycles. The van der Waals surface area contributed by atoms with E-state index in [1.807, 2.05) is 0 Å². The molecule has 6 heteroatoms. The topological polar surface area (TPSA) is 32.3 Å². The zero-order chi connectivity index (χ0) is 15.2. The van der Waals surface area contributed by atoms with Crippen molar-refractivity contribution >= 4 is 29.1 Å². The molecule has 0 amide bonds. The summed E-state index contributed by atoms with van der Waals surface area (Å²) in [6.07, 6.45) is -0.744. The summed E-state index contributed by atoms with van der Waals surface area (Å²) in [4.78, 5) is 0.454. The van der Waals surface area contributed by atoms with Crippen LogP contribution in [0.3, 0.4) is 0 Å². The largest absolute Gasteiger partial charge is 0.387 e. The Labute approximate surface area is 131 Å². The van der Waals surface area contributed by atoms with Crippen molar-refractivity contribution < 1.29 is 13.9 Å². The number of nitrogens with one attached hydrogen (secondary N) is 1. The normalized spacial score (nSPS) is 12.4. The molecule has 0 aliphatic carbocycles. The van der Waals surface area contributed by atoms with Gasteiger partial charge in [-0.05, 0) is 29.8 Å². The number of para-hydroxylation sites is 1. The standard InChI is InChI=1S/C15H14ClF2NOS/c16-11-7-5-10(6-8-11)13(20)9-19-12-3-1-2-4-14(12)21-15(17)18/h1-8,13,15,19-20H,9H2. The molecule has 2 aromatic rings. The number of aliphatic hydroxyl groups is 1. The van der Waals surface area contributed by atoms with Crippen LogP contribution in [0.4, 0.5) is 14.5 Å². The molecule has 0 fully saturated rings. The average molecular weight is 330 g/mol. The maximum Gasteiger partial charge on any atom is 0.288 e. The molecule has 0 aliphatic heterocycles. The van der Waals surface area contributed by atoms with E-state index in [4.69, 9.17) is 11.6 Å². The number of hydrogen-bond donors (Lipinski definition) is 2. The van der Waals surface area contributed by atoms with E-state index < -0.39 is 11.9 Å². The molecule has 0 heterocycles. The fourth-order valence-corrected chi connectivity index (χ4v) is 2.56. The van der Waals surface area contributed by atoms with E-state index in [0.29, 0.717) is 32.9 Å². The minimum atomic E-state index is -2.48. The summed E-state index contributed by atoms with van der Waals surface area (Å²) in [6, 6.07) is 13.6. The van der Waals surface area contributed by atoms with Gasteiger partial charge in [-0.2, -0.15) is 8.78 Å². The molecule has 1 atom stereocenters. The van der Waals surface area contributed by atoms with Crippen molar-refractivity contribution in [3.05, 3.63) is 59.1 Å². The Balaban J connectivity index is 2.01. The van der Waals surface area contributed by atoms with E-state index in [1.54, 1.807) is 48.5 Å². The van der Waals surface area contributed by atoms with Crippen LogP contribution in [0.25, 0.3) is 0 Å². The summed E-state index contributed by atoms with van der Waals surface area (Å²) in [6.45, 7) is 0.225. The monoisotopic (exact) mass is 329 g/mol. The molecule has 112 valence electrons. The zero-order valence-corrected chi connectivity index (χ0v) is 12.5. The number of aliphatic hydroxyl groups excluding tert-OH is 1. The molecule has 2 aromatic carbocycles. The molecule has 2 rings (SSSR count). The quantitative estimate of drug-likeness (QED) is 0.747. The molecule has 0 aliphatic rings. The number of halogens is 3. The van der Waals surface area contributed by atoms with Crippen molar-refractivity contribution in [1.82, 2.24) is 0 Å². The van der Waals surface area contributed by atoms with Crippen LogP contribution in [0.2, 0.25) is 5.02 Å². The van der Waals surface area contributed by atoms with Gasteiger partial charge in [-0.15, -0.1) is 0 Å². The Morgan fingerprint density at radius 3 is 2.43 bits per heavy atom. The summed E-state index contributed by atoms with van der Waals surface area (Å²) in [5, 5.41) is 13.7. The minimum Gasteiger partial charge on any atom is -0.387 e. The van der Waals surface area contributed by atoms with Gasteiger partial charge in [0, 0.05) is 22.2 Å². The van der Waals surface area contributed by atoms with E-state index in [1.165, 1.54) is 0 Å². The van der Waals surface area contributed by atoms with Crippen LogP contribution in [-0.4, -0.2) is 17.4 Å². The van der Waals surface area contributed by atoms with Crippen LogP contribution < -0.4 is 5.32 Å². The minimum absolute atomic E-state index is 0.225. The Bertz CT molecular complexity index is 580. The van der Waals surface area contributed by atoms with Gasteiger partial charge in [0.1, 0.15) is 0 Å². The third-order valence-corrected chi connectivity index (χ3v) is 3.88. The molecule has 0 saturated carbocycles. The van der Waals surface area contributed by atoms with E-state index in [0.717, 1.165) is 0 Å². The van der Waals surface area contributed by atoms with Crippen molar-refractivity contribution in [2.45, 2.75) is 16.8 Å². The number of hydrogen-bond acceptors (Lipinski definition) is 3. The van der Waals surface area contributed by atoms with Crippen molar-refractivity contribution in [2.24, 2.45) is 0 Å². The van der Waals surface area contributed by atoms with Crippen molar-refractivity contribution in [1.29, 1.82) is 0 Å². The predicted molar refractivity (Wildman–Crippen MR) is 83.2 cm³/mol. The molecule has 2 nitrogen and oxygen atoms in total. The van der Waals surface area contributed by atoms with Gasteiger partial charge in [0.05, 0.1) is 6.10 Å². The number of benzene rings is 2. The van der Waals surface area contributed by atoms with Gasteiger partial charge in [0.25, 0.3) is 5.76 Å². The second-order valence-electron chi connectivity index (χ2n) is 4.32. The fraction of sp³-hybridized carbons (Fsp3) is 0.200. The molecule has 21 heavy (non-hydrogen) atoms. The first kappa shape index (κ1) is 16.1. The lowest BCUT2D eigenvalue weighted by Crippen LogP contribution is -2.12. The molecule has 1 unspecified atom stereocenters. The van der Waals surface area contributed by atoms with Gasteiger partial charge in [-0.3, -0.25) is 0 Å². The van der Waals surface area contributed by atoms with Crippen LogP contribution in [0.15, 0.2) is 53.4 Å². The third-order valence-electron chi connectivity index (χ3n) is 2.84. The summed E-state index contributed by atoms with van der Waals surface area (Å²) < 4.78 is 25.0. The molecular formula is C15H14ClF2NOS. The zero-order valence-electron chi connectivity index (χ0n) is 11.0. The summed E-state index contributed by atoms with van der Waals surface area (Å²) in [5.41, 5.74) is 1.29. The Morgan fingerprint density at radius 2 is 1.76 bits per heavy atom. The highest BCUT2D eigenvalue weighted by atomic mass is 35.5. The maximum atomic E-state index is 12.5. The fourth-order valence-electron chi connectivity index (χ4n) is 1.82. The summed E-state index contributed by atoms with van der Waals surface area (Å²) >= 11 is 6.27. The highest BCUT2D eigenvalue weighted by Gasteiger charge is 2.11. The molecule has 0 aromatic heterocycles. The van der Waals surface area contributed by atoms with E-state index in [2.05, 4.69) is 5.32 Å². The molecule has 2 N–H and O–H groups in total. The average Bonchev–Trinajstić information content (AvgIpc) is 2.46. The molecule has 0 spiro atoms. The smallest absolute Gasteiger partial charge is 0.288 e. The van der Waals surface area contributed by atoms with Crippen molar-refractivity contribution in [3.8, 4) is 0 Å². The third kappa shape index (κ3) is 4.88. The van der Waals surface area contributed by atoms with E-state index in [9.17, 15) is 13.9 Å². The number of alkyl halides is 2. The van der Waals surface area contributed by atoms with Crippen LogP contribution in [-0.2, 0) is 0 Å². The van der Waals surface area contributed by atoms with Gasteiger partial charge in [0.15, 0.2) is 0 Å². The highest BCUT2D eigenvalue weighted by Crippen LogP contribution is 2.32. The molecule has 0 bridgehead atoms. The van der Waals surface area contributed by atoms with Crippen LogP contribution in [0.5, 0.6) is 0 Å². The lowest BCUT2D eigenvalue weighted by molar-refractivity contribution is 0.191. The number of thioether (sulfide) groups is 1. The number of anilines is 1. The first-order valence-electron chi connectivity index (χ1n) is 6.27. The number of rotatable bonds is 6. The van der Waals surface area contributed by atoms with E-state index >= 15 is 0 Å². The molecule has 0 radical (unpaired) electrons. The lowest BCUT2D eigenvalue weighted by atomic mass is 10.1. The SMILES string of the molecule is OC(CNc1ccccc1SC(F)F)c1ccc(Cl)cc1. The Morgan fingerprint density at radius 1 is 1.10 bits per heavy atom. The van der Waals surface area contributed by atoms with Crippen molar-refractivity contribution in [2.75, 3.05) is 11.9 Å². The van der Waals surface area contributed by atoms with Gasteiger partial charge in [-0.1, -0.05) is 47.6 Å². The Kier molecular flexibility index (Phi) is 5.85. The second kappa shape index (κ2) is 7.64. The van der Waals surface area contributed by atoms with Gasteiger partial charge in [0.2, 0.25) is 0 Å². The summed E-state index contributed by atoms with van der Waals surface area (Å²) in [5.74, 6) is -2.48. The van der Waals surface area contributed by atoms with Gasteiger partial charge < -0.3 is 10.4 Å². The van der Waals surface area contributed by atoms with Gasteiger partial charge in [-0.25, -0.2) is 0 Å². The second-order valence-corrected chi connectivity index (χ2v) is 5.79. The Hall–Kier alpha value is -1.30. The van der Waals surface area contributed by atoms with E-state index in [-0.39, 0.29) is 6.54 Å². The predicted octanol–water partition coefficient (Wildman–Crippen LogP) is 4.80. The van der Waals surface area contributed by atoms with Crippen LogP contribution in [0.1, 0.15) is 11.7 Å². The lowest BCUT2D eigenvalue weighted by Gasteiger charge is -2.15. The maximum absolute atomic E-state index is 12.5.